The second kappa shape index (κ2) is 8.78. The Labute approximate surface area is 132 Å². The molecule has 8 nitrogen and oxygen atoms in total. The maximum absolute atomic E-state index is 11.5. The van der Waals surface area contributed by atoms with Gasteiger partial charge in [0.05, 0.1) is 12.5 Å². The molecule has 0 bridgehead atoms. The number of nitrogens with one attached hydrogen (secondary N) is 4. The Morgan fingerprint density at radius 3 is 1.74 bits per heavy atom. The fraction of sp³-hybridized carbons (Fsp3) is 0.0667. The fourth-order valence-corrected chi connectivity index (χ4v) is 1.49. The lowest BCUT2D eigenvalue weighted by Gasteiger charge is -2.01. The van der Waals surface area contributed by atoms with Gasteiger partial charge in [-0.1, -0.05) is 12.2 Å². The van der Waals surface area contributed by atoms with Crippen molar-refractivity contribution in [3.8, 4) is 0 Å². The number of rotatable bonds is 8. The summed E-state index contributed by atoms with van der Waals surface area (Å²) in [5.41, 5.74) is 10.1. The van der Waals surface area contributed by atoms with Crippen molar-refractivity contribution in [2.24, 2.45) is 0 Å². The molecule has 0 fully saturated rings. The quantitative estimate of drug-likeness (QED) is 0.549. The summed E-state index contributed by atoms with van der Waals surface area (Å²) < 4.78 is 9.85. The molecular formula is C15H16N4O4. The minimum Gasteiger partial charge on any atom is -0.459 e. The van der Waals surface area contributed by atoms with Crippen molar-refractivity contribution in [3.63, 3.8) is 0 Å². The van der Waals surface area contributed by atoms with E-state index in [9.17, 15) is 9.59 Å². The molecule has 0 saturated heterocycles. The van der Waals surface area contributed by atoms with Gasteiger partial charge in [-0.2, -0.15) is 0 Å². The minimum absolute atomic E-state index is 0.224. The van der Waals surface area contributed by atoms with Gasteiger partial charge in [0.15, 0.2) is 11.5 Å². The number of allylic oxidation sites excluding steroid dienone is 2. The van der Waals surface area contributed by atoms with Crippen molar-refractivity contribution >= 4 is 11.8 Å². The van der Waals surface area contributed by atoms with Crippen LogP contribution >= 0.6 is 0 Å². The number of hydrogen-bond acceptors (Lipinski definition) is 6. The van der Waals surface area contributed by atoms with Crippen LogP contribution in [-0.2, 0) is 0 Å². The Morgan fingerprint density at radius 1 is 0.870 bits per heavy atom. The molecule has 4 N–H and O–H groups in total. The molecule has 8 heteroatoms. The average molecular weight is 316 g/mol. The average Bonchev–Trinajstić information content (AvgIpc) is 3.25. The molecule has 0 aliphatic rings. The summed E-state index contributed by atoms with van der Waals surface area (Å²) >= 11 is 0. The molecule has 2 amide bonds. The molecule has 2 aromatic heterocycles. The lowest BCUT2D eigenvalue weighted by atomic mass is 10.4. The van der Waals surface area contributed by atoms with Crippen molar-refractivity contribution in [1.29, 1.82) is 0 Å². The van der Waals surface area contributed by atoms with Crippen molar-refractivity contribution in [3.05, 3.63) is 72.9 Å². The second-order valence-electron chi connectivity index (χ2n) is 4.19. The molecule has 0 radical (unpaired) electrons. The highest BCUT2D eigenvalue weighted by atomic mass is 16.3. The number of hydrazine groups is 2. The zero-order valence-electron chi connectivity index (χ0n) is 12.1. The first-order valence-corrected chi connectivity index (χ1v) is 6.76. The number of amides is 2. The summed E-state index contributed by atoms with van der Waals surface area (Å²) in [6.45, 7) is 0. The fourth-order valence-electron chi connectivity index (χ4n) is 1.49. The first-order valence-electron chi connectivity index (χ1n) is 6.76. The van der Waals surface area contributed by atoms with E-state index in [1.54, 1.807) is 48.8 Å². The van der Waals surface area contributed by atoms with Crippen molar-refractivity contribution < 1.29 is 18.4 Å². The molecule has 120 valence electrons. The highest BCUT2D eigenvalue weighted by Crippen LogP contribution is 1.98. The van der Waals surface area contributed by atoms with Crippen molar-refractivity contribution in [2.75, 3.05) is 0 Å². The molecule has 2 rings (SSSR count). The van der Waals surface area contributed by atoms with Crippen LogP contribution in [0.25, 0.3) is 0 Å². The molecule has 0 saturated carbocycles. The third-order valence-corrected chi connectivity index (χ3v) is 2.54. The second-order valence-corrected chi connectivity index (χ2v) is 4.19. The number of furan rings is 2. The van der Waals surface area contributed by atoms with Gasteiger partial charge in [0.2, 0.25) is 0 Å². The smallest absolute Gasteiger partial charge is 0.305 e. The van der Waals surface area contributed by atoms with Crippen LogP contribution in [-0.4, -0.2) is 11.8 Å². The van der Waals surface area contributed by atoms with E-state index in [1.807, 2.05) is 0 Å². The number of hydrogen-bond donors (Lipinski definition) is 4. The zero-order valence-corrected chi connectivity index (χ0v) is 12.1. The maximum Gasteiger partial charge on any atom is 0.305 e. The zero-order chi connectivity index (χ0) is 16.3. The SMILES string of the molecule is O=C(NNC=CC/C=C/NNC(=O)c1ccco1)c1ccco1. The lowest BCUT2D eigenvalue weighted by Crippen LogP contribution is -2.33. The Bertz CT molecular complexity index is 601. The molecule has 0 atom stereocenters. The molecular weight excluding hydrogens is 300 g/mol. The lowest BCUT2D eigenvalue weighted by molar-refractivity contribution is 0.0906. The van der Waals surface area contributed by atoms with Gasteiger partial charge >= 0.3 is 11.8 Å². The molecule has 23 heavy (non-hydrogen) atoms. The first-order chi connectivity index (χ1) is 11.3. The van der Waals surface area contributed by atoms with E-state index in [0.29, 0.717) is 6.42 Å². The van der Waals surface area contributed by atoms with Gasteiger partial charge < -0.3 is 19.7 Å². The van der Waals surface area contributed by atoms with Crippen LogP contribution in [0.4, 0.5) is 0 Å². The summed E-state index contributed by atoms with van der Waals surface area (Å²) in [6.07, 6.45) is 10.1. The molecule has 0 aliphatic carbocycles. The third kappa shape index (κ3) is 5.46. The Hall–Kier alpha value is -3.42. The van der Waals surface area contributed by atoms with Crippen LogP contribution in [0.2, 0.25) is 0 Å². The monoisotopic (exact) mass is 316 g/mol. The summed E-state index contributed by atoms with van der Waals surface area (Å²) in [6, 6.07) is 6.39. The predicted octanol–water partition coefficient (Wildman–Crippen LogP) is 1.46. The summed E-state index contributed by atoms with van der Waals surface area (Å²) in [7, 11) is 0. The normalized spacial score (nSPS) is 10.8. The van der Waals surface area contributed by atoms with Crippen LogP contribution in [0.15, 0.2) is 70.2 Å². The summed E-state index contributed by atoms with van der Waals surface area (Å²) in [5, 5.41) is 0. The van der Waals surface area contributed by atoms with Crippen LogP contribution in [0.5, 0.6) is 0 Å². The highest BCUT2D eigenvalue weighted by Gasteiger charge is 2.06. The van der Waals surface area contributed by atoms with Crippen molar-refractivity contribution in [2.45, 2.75) is 6.42 Å². The maximum atomic E-state index is 11.5. The van der Waals surface area contributed by atoms with Gasteiger partial charge in [0.25, 0.3) is 0 Å². The van der Waals surface area contributed by atoms with Gasteiger partial charge in [-0.3, -0.25) is 20.4 Å². The number of carbonyl (C=O) groups is 2. The van der Waals surface area contributed by atoms with Gasteiger partial charge in [-0.25, -0.2) is 0 Å². The van der Waals surface area contributed by atoms with Gasteiger partial charge in [-0.15, -0.1) is 0 Å². The van der Waals surface area contributed by atoms with Crippen molar-refractivity contribution in [1.82, 2.24) is 21.7 Å². The summed E-state index contributed by atoms with van der Waals surface area (Å²) in [4.78, 5) is 22.9. The Morgan fingerprint density at radius 2 is 1.35 bits per heavy atom. The molecule has 0 spiro atoms. The molecule has 0 aromatic carbocycles. The molecule has 0 aliphatic heterocycles. The standard InChI is InChI=1S/C15H16N4O4/c20-14(12-6-4-10-22-12)18-16-8-2-1-3-9-17-19-15(21)13-7-5-11-23-13/h2-11,16-17H,1H2,(H,18,20)(H,19,21)/b8-2+,9-3?. The third-order valence-electron chi connectivity index (χ3n) is 2.54. The first kappa shape index (κ1) is 16.0. The predicted molar refractivity (Wildman–Crippen MR) is 81.5 cm³/mol. The molecule has 0 unspecified atom stereocenters. The highest BCUT2D eigenvalue weighted by molar-refractivity contribution is 5.91. The van der Waals surface area contributed by atoms with Gasteiger partial charge in [0, 0.05) is 12.4 Å². The van der Waals surface area contributed by atoms with Crippen LogP contribution < -0.4 is 21.7 Å². The van der Waals surface area contributed by atoms with E-state index < -0.39 is 0 Å². The van der Waals surface area contributed by atoms with E-state index in [-0.39, 0.29) is 23.3 Å². The van der Waals surface area contributed by atoms with Crippen LogP contribution in [0.1, 0.15) is 27.5 Å². The molecule has 2 aromatic rings. The largest absolute Gasteiger partial charge is 0.459 e. The van der Waals surface area contributed by atoms with E-state index in [2.05, 4.69) is 21.7 Å². The van der Waals surface area contributed by atoms with E-state index in [0.717, 1.165) is 0 Å². The topological polar surface area (TPSA) is 109 Å². The Balaban J connectivity index is 1.54. The van der Waals surface area contributed by atoms with Gasteiger partial charge in [0.1, 0.15) is 0 Å². The van der Waals surface area contributed by atoms with E-state index >= 15 is 0 Å². The molecule has 2 heterocycles. The summed E-state index contributed by atoms with van der Waals surface area (Å²) in [5.74, 6) is -0.278. The van der Waals surface area contributed by atoms with Crippen LogP contribution in [0.3, 0.4) is 0 Å². The van der Waals surface area contributed by atoms with Crippen LogP contribution in [0, 0.1) is 0 Å². The Kier molecular flexibility index (Phi) is 6.09. The van der Waals surface area contributed by atoms with E-state index in [4.69, 9.17) is 8.83 Å². The van der Waals surface area contributed by atoms with E-state index in [1.165, 1.54) is 12.5 Å². The van der Waals surface area contributed by atoms with Gasteiger partial charge in [-0.05, 0) is 30.7 Å². The number of carbonyl (C=O) groups excluding carboxylic acids is 2. The minimum atomic E-state index is -0.363.